The number of sulfonamides is 1. The van der Waals surface area contributed by atoms with Crippen molar-refractivity contribution in [1.82, 2.24) is 5.32 Å². The normalized spacial score (nSPS) is 11.2. The Hall–Kier alpha value is -2.10. The number of carbonyl (C=O) groups is 1. The smallest absolute Gasteiger partial charge is 0.251 e. The van der Waals surface area contributed by atoms with Gasteiger partial charge in [-0.2, -0.15) is 4.73 Å². The van der Waals surface area contributed by atoms with E-state index >= 15 is 0 Å². The lowest BCUT2D eigenvalue weighted by atomic mass is 10.1. The fourth-order valence-corrected chi connectivity index (χ4v) is 3.17. The maximum atomic E-state index is 11.8. The molecular formula is C15H17N3O4S2. The van der Waals surface area contributed by atoms with Crippen LogP contribution in [-0.4, -0.2) is 26.6 Å². The Morgan fingerprint density at radius 3 is 2.54 bits per heavy atom. The van der Waals surface area contributed by atoms with Gasteiger partial charge in [0.25, 0.3) is 5.03 Å². The standard InChI is InChI=1S/C15H17N3O4S2/c16-24(21,22)13-6-4-12(5-7-13)8-9-17-14(19)11-23-15-3-1-2-10-18(15)20/h1-7,10H,8-9,11H2,(H,17,19)(H2,16,21,22). The molecule has 3 N–H and O–H groups in total. The Morgan fingerprint density at radius 2 is 1.92 bits per heavy atom. The van der Waals surface area contributed by atoms with Crippen LogP contribution in [0.5, 0.6) is 0 Å². The molecule has 0 fully saturated rings. The minimum Gasteiger partial charge on any atom is -0.618 e. The van der Waals surface area contributed by atoms with Crippen LogP contribution in [0.3, 0.4) is 0 Å². The molecule has 0 bridgehead atoms. The number of carbonyl (C=O) groups excluding carboxylic acids is 1. The number of nitrogens with one attached hydrogen (secondary N) is 1. The molecule has 0 aliphatic carbocycles. The molecule has 128 valence electrons. The van der Waals surface area contributed by atoms with Crippen LogP contribution in [0.1, 0.15) is 5.56 Å². The van der Waals surface area contributed by atoms with E-state index < -0.39 is 10.0 Å². The summed E-state index contributed by atoms with van der Waals surface area (Å²) in [5.41, 5.74) is 0.885. The lowest BCUT2D eigenvalue weighted by molar-refractivity contribution is -0.645. The molecule has 0 spiro atoms. The lowest BCUT2D eigenvalue weighted by Crippen LogP contribution is -2.30. The quantitative estimate of drug-likeness (QED) is 0.418. The van der Waals surface area contributed by atoms with Crippen LogP contribution < -0.4 is 15.2 Å². The Balaban J connectivity index is 1.75. The largest absolute Gasteiger partial charge is 0.618 e. The van der Waals surface area contributed by atoms with E-state index in [-0.39, 0.29) is 16.6 Å². The van der Waals surface area contributed by atoms with E-state index in [0.29, 0.717) is 22.7 Å². The second-order valence-corrected chi connectivity index (χ2v) is 7.50. The molecule has 0 atom stereocenters. The summed E-state index contributed by atoms with van der Waals surface area (Å²) in [6.45, 7) is 0.417. The molecule has 0 unspecified atom stereocenters. The SMILES string of the molecule is NS(=O)(=O)c1ccc(CCNC(=O)CSc2cccc[n+]2[O-])cc1. The molecule has 0 aliphatic rings. The van der Waals surface area contributed by atoms with E-state index in [1.54, 1.807) is 30.3 Å². The molecule has 0 radical (unpaired) electrons. The average molecular weight is 367 g/mol. The highest BCUT2D eigenvalue weighted by atomic mass is 32.2. The molecule has 0 saturated heterocycles. The predicted molar refractivity (Wildman–Crippen MR) is 90.7 cm³/mol. The first-order valence-electron chi connectivity index (χ1n) is 7.06. The number of nitrogens with two attached hydrogens (primary N) is 1. The fraction of sp³-hybridized carbons (Fsp3) is 0.200. The molecule has 9 heteroatoms. The van der Waals surface area contributed by atoms with Crippen LogP contribution in [0, 0.1) is 5.21 Å². The lowest BCUT2D eigenvalue weighted by Gasteiger charge is -2.06. The number of thioether (sulfide) groups is 1. The van der Waals surface area contributed by atoms with Gasteiger partial charge in [0.05, 0.1) is 10.6 Å². The van der Waals surface area contributed by atoms with Crippen molar-refractivity contribution in [1.29, 1.82) is 0 Å². The third-order valence-corrected chi connectivity index (χ3v) is 5.08. The number of pyridine rings is 1. The van der Waals surface area contributed by atoms with Crippen molar-refractivity contribution in [3.63, 3.8) is 0 Å². The van der Waals surface area contributed by atoms with Crippen molar-refractivity contribution in [3.8, 4) is 0 Å². The first-order chi connectivity index (χ1) is 11.4. The number of primary sulfonamides is 1. The van der Waals surface area contributed by atoms with Gasteiger partial charge >= 0.3 is 0 Å². The fourth-order valence-electron chi connectivity index (χ4n) is 1.91. The molecule has 0 saturated carbocycles. The van der Waals surface area contributed by atoms with Crippen molar-refractivity contribution in [2.45, 2.75) is 16.3 Å². The molecule has 7 nitrogen and oxygen atoms in total. The molecule has 24 heavy (non-hydrogen) atoms. The zero-order valence-electron chi connectivity index (χ0n) is 12.7. The summed E-state index contributed by atoms with van der Waals surface area (Å²) in [6, 6.07) is 11.2. The summed E-state index contributed by atoms with van der Waals surface area (Å²) in [6.07, 6.45) is 1.94. The molecular weight excluding hydrogens is 350 g/mol. The van der Waals surface area contributed by atoms with Gasteiger partial charge in [0, 0.05) is 18.7 Å². The van der Waals surface area contributed by atoms with Gasteiger partial charge in [-0.05, 0) is 41.9 Å². The van der Waals surface area contributed by atoms with Gasteiger partial charge in [0.1, 0.15) is 0 Å². The number of benzene rings is 1. The maximum absolute atomic E-state index is 11.8. The van der Waals surface area contributed by atoms with Gasteiger partial charge in [0.2, 0.25) is 15.9 Å². The summed E-state index contributed by atoms with van der Waals surface area (Å²) >= 11 is 1.16. The summed E-state index contributed by atoms with van der Waals surface area (Å²) < 4.78 is 23.0. The first kappa shape index (κ1) is 18.2. The zero-order valence-corrected chi connectivity index (χ0v) is 14.3. The first-order valence-corrected chi connectivity index (χ1v) is 9.59. The van der Waals surface area contributed by atoms with Gasteiger partial charge in [-0.15, -0.1) is 0 Å². The molecule has 2 rings (SSSR count). The second-order valence-electron chi connectivity index (χ2n) is 4.94. The van der Waals surface area contributed by atoms with E-state index in [2.05, 4.69) is 5.32 Å². The Morgan fingerprint density at radius 1 is 1.21 bits per heavy atom. The minimum absolute atomic E-state index is 0.0560. The van der Waals surface area contributed by atoms with Crippen LogP contribution >= 0.6 is 11.8 Å². The monoisotopic (exact) mass is 367 g/mol. The van der Waals surface area contributed by atoms with Crippen LogP contribution in [-0.2, 0) is 21.2 Å². The van der Waals surface area contributed by atoms with Gasteiger partial charge in [-0.25, -0.2) is 13.6 Å². The minimum atomic E-state index is -3.69. The van der Waals surface area contributed by atoms with Gasteiger partial charge in [-0.1, -0.05) is 12.1 Å². The van der Waals surface area contributed by atoms with Crippen molar-refractivity contribution < 1.29 is 17.9 Å². The van der Waals surface area contributed by atoms with Crippen molar-refractivity contribution >= 4 is 27.7 Å². The molecule has 1 aromatic heterocycles. The third kappa shape index (κ3) is 5.52. The van der Waals surface area contributed by atoms with Gasteiger partial charge in [-0.3, -0.25) is 4.79 Å². The topological polar surface area (TPSA) is 116 Å². The number of nitrogens with zero attached hydrogens (tertiary/aromatic N) is 1. The van der Waals surface area contributed by atoms with Gasteiger partial charge in [0.15, 0.2) is 6.20 Å². The summed E-state index contributed by atoms with van der Waals surface area (Å²) in [5, 5.41) is 19.7. The Labute approximate surface area is 144 Å². The van der Waals surface area contributed by atoms with Crippen LogP contribution in [0.4, 0.5) is 0 Å². The van der Waals surface area contributed by atoms with E-state index in [4.69, 9.17) is 5.14 Å². The van der Waals surface area contributed by atoms with Crippen molar-refractivity contribution in [2.24, 2.45) is 5.14 Å². The molecule has 1 amide bonds. The van der Waals surface area contributed by atoms with Crippen molar-refractivity contribution in [3.05, 3.63) is 59.4 Å². The average Bonchev–Trinajstić information content (AvgIpc) is 2.54. The zero-order chi connectivity index (χ0) is 17.6. The van der Waals surface area contributed by atoms with Gasteiger partial charge < -0.3 is 10.5 Å². The predicted octanol–water partition coefficient (Wildman–Crippen LogP) is 0.418. The Bertz CT molecular complexity index is 808. The second kappa shape index (κ2) is 8.13. The van der Waals surface area contributed by atoms with E-state index in [9.17, 15) is 18.4 Å². The van der Waals surface area contributed by atoms with E-state index in [1.165, 1.54) is 18.3 Å². The molecule has 1 heterocycles. The summed E-state index contributed by atoms with van der Waals surface area (Å²) in [7, 11) is -3.69. The van der Waals surface area contributed by atoms with Crippen molar-refractivity contribution in [2.75, 3.05) is 12.3 Å². The van der Waals surface area contributed by atoms with Crippen LogP contribution in [0.25, 0.3) is 0 Å². The molecule has 0 aliphatic heterocycles. The third-order valence-electron chi connectivity index (χ3n) is 3.13. The summed E-state index contributed by atoms with van der Waals surface area (Å²) in [4.78, 5) is 11.8. The molecule has 2 aromatic rings. The number of rotatable bonds is 7. The Kier molecular flexibility index (Phi) is 6.18. The highest BCUT2D eigenvalue weighted by Crippen LogP contribution is 2.12. The maximum Gasteiger partial charge on any atom is 0.251 e. The highest BCUT2D eigenvalue weighted by Gasteiger charge is 2.09. The molecule has 1 aromatic carbocycles. The van der Waals surface area contributed by atoms with Crippen LogP contribution in [0.15, 0.2) is 58.6 Å². The number of aromatic nitrogens is 1. The number of hydrogen-bond acceptors (Lipinski definition) is 5. The number of hydrogen-bond donors (Lipinski definition) is 2. The summed E-state index contributed by atoms with van der Waals surface area (Å²) in [5.74, 6) is -0.0265. The highest BCUT2D eigenvalue weighted by molar-refractivity contribution is 7.99. The number of amides is 1. The van der Waals surface area contributed by atoms with Crippen LogP contribution in [0.2, 0.25) is 0 Å². The van der Waals surface area contributed by atoms with E-state index in [1.807, 2.05) is 0 Å². The van der Waals surface area contributed by atoms with E-state index in [0.717, 1.165) is 17.3 Å².